The minimum atomic E-state index is 1.00. The predicted octanol–water partition coefficient (Wildman–Crippen LogP) is 1.87. The summed E-state index contributed by atoms with van der Waals surface area (Å²) in [5.74, 6) is 1.00. The Morgan fingerprint density at radius 2 is 2.09 bits per heavy atom. The molecule has 0 saturated heterocycles. The number of aromatic nitrogens is 1. The lowest BCUT2D eigenvalue weighted by Gasteiger charge is -2.10. The van der Waals surface area contributed by atoms with Crippen molar-refractivity contribution in [3.05, 3.63) is 18.3 Å². The van der Waals surface area contributed by atoms with Crippen LogP contribution in [0.1, 0.15) is 0 Å². The second kappa shape index (κ2) is 3.62. The molecule has 60 valence electrons. The van der Waals surface area contributed by atoms with E-state index in [1.54, 1.807) is 11.8 Å². The van der Waals surface area contributed by atoms with Crippen LogP contribution < -0.4 is 4.90 Å². The number of thioether (sulfide) groups is 1. The number of pyridine rings is 1. The third kappa shape index (κ3) is 2.12. The molecule has 0 unspecified atom stereocenters. The van der Waals surface area contributed by atoms with Crippen molar-refractivity contribution in [2.75, 3.05) is 25.3 Å². The molecule has 0 spiro atoms. The van der Waals surface area contributed by atoms with Crippen LogP contribution in [0.25, 0.3) is 0 Å². The van der Waals surface area contributed by atoms with Gasteiger partial charge in [-0.2, -0.15) is 0 Å². The molecule has 0 aromatic carbocycles. The molecule has 0 aliphatic carbocycles. The molecule has 1 heterocycles. The second-order valence-electron chi connectivity index (χ2n) is 2.45. The fourth-order valence-corrected chi connectivity index (χ4v) is 1.12. The Bertz CT molecular complexity index is 218. The SMILES string of the molecule is CSc1ccc(N(C)C)nc1. The van der Waals surface area contributed by atoms with E-state index in [9.17, 15) is 0 Å². The average molecular weight is 168 g/mol. The highest BCUT2D eigenvalue weighted by molar-refractivity contribution is 7.98. The Morgan fingerprint density at radius 1 is 1.36 bits per heavy atom. The minimum Gasteiger partial charge on any atom is -0.363 e. The molecular weight excluding hydrogens is 156 g/mol. The van der Waals surface area contributed by atoms with Crippen molar-refractivity contribution in [3.63, 3.8) is 0 Å². The molecule has 11 heavy (non-hydrogen) atoms. The van der Waals surface area contributed by atoms with Gasteiger partial charge in [-0.05, 0) is 18.4 Å². The molecule has 1 aromatic heterocycles. The summed E-state index contributed by atoms with van der Waals surface area (Å²) in [5, 5.41) is 0. The Balaban J connectivity index is 2.83. The first kappa shape index (κ1) is 8.40. The molecule has 0 N–H and O–H groups in total. The molecule has 0 saturated carbocycles. The summed E-state index contributed by atoms with van der Waals surface area (Å²) in [6.45, 7) is 0. The molecule has 0 atom stereocenters. The maximum atomic E-state index is 4.25. The Morgan fingerprint density at radius 3 is 2.45 bits per heavy atom. The van der Waals surface area contributed by atoms with E-state index in [4.69, 9.17) is 0 Å². The first-order chi connectivity index (χ1) is 5.24. The van der Waals surface area contributed by atoms with Gasteiger partial charge in [0, 0.05) is 25.2 Å². The zero-order valence-electron chi connectivity index (χ0n) is 7.03. The van der Waals surface area contributed by atoms with Crippen molar-refractivity contribution in [1.29, 1.82) is 0 Å². The van der Waals surface area contributed by atoms with Crippen LogP contribution in [0.3, 0.4) is 0 Å². The molecule has 1 rings (SSSR count). The minimum absolute atomic E-state index is 1.00. The van der Waals surface area contributed by atoms with E-state index in [0.29, 0.717) is 0 Å². The summed E-state index contributed by atoms with van der Waals surface area (Å²) in [6.07, 6.45) is 3.94. The monoisotopic (exact) mass is 168 g/mol. The Kier molecular flexibility index (Phi) is 2.76. The topological polar surface area (TPSA) is 16.1 Å². The second-order valence-corrected chi connectivity index (χ2v) is 3.33. The van der Waals surface area contributed by atoms with E-state index >= 15 is 0 Å². The van der Waals surface area contributed by atoms with Gasteiger partial charge in [-0.25, -0.2) is 4.98 Å². The van der Waals surface area contributed by atoms with Crippen LogP contribution in [-0.4, -0.2) is 25.3 Å². The fraction of sp³-hybridized carbons (Fsp3) is 0.375. The molecule has 0 amide bonds. The van der Waals surface area contributed by atoms with Crippen LogP contribution in [0.15, 0.2) is 23.2 Å². The van der Waals surface area contributed by atoms with Gasteiger partial charge in [0.25, 0.3) is 0 Å². The van der Waals surface area contributed by atoms with Gasteiger partial charge in [0.1, 0.15) is 5.82 Å². The smallest absolute Gasteiger partial charge is 0.128 e. The zero-order valence-corrected chi connectivity index (χ0v) is 7.85. The number of hydrogen-bond donors (Lipinski definition) is 0. The van der Waals surface area contributed by atoms with Crippen molar-refractivity contribution in [3.8, 4) is 0 Å². The molecular formula is C8H12N2S. The van der Waals surface area contributed by atoms with Gasteiger partial charge in [-0.15, -0.1) is 11.8 Å². The van der Waals surface area contributed by atoms with Crippen LogP contribution in [0.5, 0.6) is 0 Å². The third-order valence-electron chi connectivity index (χ3n) is 1.41. The highest BCUT2D eigenvalue weighted by atomic mass is 32.2. The highest BCUT2D eigenvalue weighted by Crippen LogP contribution is 2.15. The fourth-order valence-electron chi connectivity index (χ4n) is 0.758. The van der Waals surface area contributed by atoms with Crippen LogP contribution in [0.2, 0.25) is 0 Å². The van der Waals surface area contributed by atoms with Gasteiger partial charge in [0.2, 0.25) is 0 Å². The lowest BCUT2D eigenvalue weighted by molar-refractivity contribution is 1.05. The van der Waals surface area contributed by atoms with E-state index in [-0.39, 0.29) is 0 Å². The summed E-state index contributed by atoms with van der Waals surface area (Å²) >= 11 is 1.71. The number of hydrogen-bond acceptors (Lipinski definition) is 3. The summed E-state index contributed by atoms with van der Waals surface area (Å²) in [6, 6.07) is 4.10. The zero-order chi connectivity index (χ0) is 8.27. The molecule has 0 radical (unpaired) electrons. The van der Waals surface area contributed by atoms with Gasteiger partial charge in [0.05, 0.1) is 0 Å². The largest absolute Gasteiger partial charge is 0.363 e. The standard InChI is InChI=1S/C8H12N2S/c1-10(2)8-5-4-7(11-3)6-9-8/h4-6H,1-3H3. The molecule has 0 fully saturated rings. The first-order valence-electron chi connectivity index (χ1n) is 3.41. The van der Waals surface area contributed by atoms with Crippen molar-refractivity contribution < 1.29 is 0 Å². The number of nitrogens with zero attached hydrogens (tertiary/aromatic N) is 2. The van der Waals surface area contributed by atoms with Gasteiger partial charge < -0.3 is 4.90 Å². The van der Waals surface area contributed by atoms with Crippen LogP contribution in [0, 0.1) is 0 Å². The summed E-state index contributed by atoms with van der Waals surface area (Å²) in [5.41, 5.74) is 0. The van der Waals surface area contributed by atoms with E-state index in [1.165, 1.54) is 4.90 Å². The Hall–Kier alpha value is -0.700. The summed E-state index contributed by atoms with van der Waals surface area (Å²) < 4.78 is 0. The molecule has 3 heteroatoms. The van der Waals surface area contributed by atoms with Crippen LogP contribution in [0.4, 0.5) is 5.82 Å². The van der Waals surface area contributed by atoms with Crippen LogP contribution in [-0.2, 0) is 0 Å². The lowest BCUT2D eigenvalue weighted by Crippen LogP contribution is -2.09. The van der Waals surface area contributed by atoms with Crippen molar-refractivity contribution in [1.82, 2.24) is 4.98 Å². The first-order valence-corrected chi connectivity index (χ1v) is 4.64. The Labute approximate surface area is 71.6 Å². The quantitative estimate of drug-likeness (QED) is 0.627. The molecule has 0 aliphatic rings. The summed E-state index contributed by atoms with van der Waals surface area (Å²) in [7, 11) is 3.97. The molecule has 1 aromatic rings. The van der Waals surface area contributed by atoms with Gasteiger partial charge >= 0.3 is 0 Å². The molecule has 0 aliphatic heterocycles. The van der Waals surface area contributed by atoms with Crippen molar-refractivity contribution >= 4 is 17.6 Å². The van der Waals surface area contributed by atoms with Crippen molar-refractivity contribution in [2.24, 2.45) is 0 Å². The van der Waals surface area contributed by atoms with E-state index < -0.39 is 0 Å². The molecule has 2 nitrogen and oxygen atoms in total. The maximum Gasteiger partial charge on any atom is 0.128 e. The normalized spacial score (nSPS) is 9.73. The van der Waals surface area contributed by atoms with E-state index in [1.807, 2.05) is 37.5 Å². The van der Waals surface area contributed by atoms with Gasteiger partial charge in [-0.1, -0.05) is 0 Å². The highest BCUT2D eigenvalue weighted by Gasteiger charge is 1.94. The van der Waals surface area contributed by atoms with Gasteiger partial charge in [-0.3, -0.25) is 0 Å². The maximum absolute atomic E-state index is 4.25. The van der Waals surface area contributed by atoms with E-state index in [2.05, 4.69) is 11.1 Å². The number of anilines is 1. The molecule has 0 bridgehead atoms. The number of rotatable bonds is 2. The average Bonchev–Trinajstić information content (AvgIpc) is 2.05. The lowest BCUT2D eigenvalue weighted by atomic mass is 10.4. The van der Waals surface area contributed by atoms with Crippen molar-refractivity contribution in [2.45, 2.75) is 4.90 Å². The predicted molar refractivity (Wildman–Crippen MR) is 50.3 cm³/mol. The van der Waals surface area contributed by atoms with Gasteiger partial charge in [0.15, 0.2) is 0 Å². The van der Waals surface area contributed by atoms with E-state index in [0.717, 1.165) is 5.82 Å². The van der Waals surface area contributed by atoms with Crippen LogP contribution >= 0.6 is 11.8 Å². The third-order valence-corrected chi connectivity index (χ3v) is 2.13. The summed E-state index contributed by atoms with van der Waals surface area (Å²) in [4.78, 5) is 7.45.